The predicted molar refractivity (Wildman–Crippen MR) is 133 cm³/mol. The van der Waals surface area contributed by atoms with Gasteiger partial charge in [-0.15, -0.1) is 0 Å². The molecule has 0 aliphatic carbocycles. The molecule has 0 radical (unpaired) electrons. The van der Waals surface area contributed by atoms with Gasteiger partial charge in [-0.2, -0.15) is 5.26 Å². The number of amides is 1. The second-order valence-electron chi connectivity index (χ2n) is 7.86. The number of carbonyl (C=O) groups is 1. The highest BCUT2D eigenvalue weighted by Crippen LogP contribution is 2.24. The quantitative estimate of drug-likeness (QED) is 0.370. The maximum atomic E-state index is 12.6. The highest BCUT2D eigenvalue weighted by atomic mass is 16.1. The van der Waals surface area contributed by atoms with Gasteiger partial charge in [-0.25, -0.2) is 4.98 Å². The van der Waals surface area contributed by atoms with Crippen LogP contribution < -0.4 is 16.2 Å². The van der Waals surface area contributed by atoms with Crippen molar-refractivity contribution in [2.45, 2.75) is 19.8 Å². The molecule has 0 aliphatic heterocycles. The van der Waals surface area contributed by atoms with Crippen molar-refractivity contribution in [1.29, 1.82) is 5.26 Å². The number of carbonyl (C=O) groups excluding carboxylic acids is 1. The van der Waals surface area contributed by atoms with E-state index >= 15 is 0 Å². The number of hydrogen-bond acceptors (Lipinski definition) is 5. The molecular weight excluding hydrogens is 426 g/mol. The van der Waals surface area contributed by atoms with Crippen molar-refractivity contribution in [2.75, 3.05) is 10.6 Å². The summed E-state index contributed by atoms with van der Waals surface area (Å²) in [6, 6.07) is 26.3. The number of H-pyrrole nitrogens is 1. The van der Waals surface area contributed by atoms with Crippen LogP contribution in [0.1, 0.15) is 23.1 Å². The van der Waals surface area contributed by atoms with Crippen molar-refractivity contribution in [1.82, 2.24) is 9.97 Å². The lowest BCUT2D eigenvalue weighted by atomic mass is 10.1. The number of nitrogens with zero attached hydrogens (tertiary/aromatic N) is 2. The van der Waals surface area contributed by atoms with Crippen LogP contribution in [0.2, 0.25) is 0 Å². The lowest BCUT2D eigenvalue weighted by Gasteiger charge is -2.11. The third-order valence-corrected chi connectivity index (χ3v) is 5.25. The van der Waals surface area contributed by atoms with Crippen molar-refractivity contribution < 1.29 is 4.79 Å². The van der Waals surface area contributed by atoms with Crippen LogP contribution in [0.5, 0.6) is 0 Å². The standard InChI is InChI=1S/C27H23N5O2/c1-18-10-13-21(14-11-18)30-27-31-25(23(17-28)26(34)32-27)20-8-5-9-22(16-20)29-24(33)15-12-19-6-3-2-4-7-19/h2-11,13-14,16H,12,15H2,1H3,(H,29,33)(H2,30,31,32,34). The molecular formula is C27H23N5O2. The molecule has 4 aromatic rings. The van der Waals surface area contributed by atoms with Crippen molar-refractivity contribution >= 4 is 23.2 Å². The molecule has 0 atom stereocenters. The van der Waals surface area contributed by atoms with E-state index < -0.39 is 5.56 Å². The predicted octanol–water partition coefficient (Wildman–Crippen LogP) is 4.93. The normalized spacial score (nSPS) is 10.4. The van der Waals surface area contributed by atoms with Crippen LogP contribution in [0.25, 0.3) is 11.3 Å². The van der Waals surface area contributed by atoms with Crippen LogP contribution in [0.15, 0.2) is 83.7 Å². The largest absolute Gasteiger partial charge is 0.326 e. The lowest BCUT2D eigenvalue weighted by molar-refractivity contribution is -0.116. The van der Waals surface area contributed by atoms with E-state index in [0.717, 1.165) is 16.8 Å². The third-order valence-electron chi connectivity index (χ3n) is 5.25. The summed E-state index contributed by atoms with van der Waals surface area (Å²) in [5.74, 6) is 0.0993. The number of aromatic amines is 1. The van der Waals surface area contributed by atoms with E-state index in [1.165, 1.54) is 0 Å². The molecule has 34 heavy (non-hydrogen) atoms. The van der Waals surface area contributed by atoms with Crippen LogP contribution in [-0.4, -0.2) is 15.9 Å². The maximum Gasteiger partial charge on any atom is 0.270 e. The summed E-state index contributed by atoms with van der Waals surface area (Å²) in [4.78, 5) is 32.1. The number of nitrogens with one attached hydrogen (secondary N) is 3. The first kappa shape index (κ1) is 22.5. The van der Waals surface area contributed by atoms with Crippen molar-refractivity contribution in [2.24, 2.45) is 0 Å². The fourth-order valence-electron chi connectivity index (χ4n) is 3.49. The Hall–Kier alpha value is -4.70. The Bertz CT molecular complexity index is 1400. The number of hydrogen-bond donors (Lipinski definition) is 3. The van der Waals surface area contributed by atoms with Gasteiger partial charge in [-0.05, 0) is 43.2 Å². The number of aryl methyl sites for hydroxylation is 2. The van der Waals surface area contributed by atoms with Crippen molar-refractivity contribution in [3.63, 3.8) is 0 Å². The van der Waals surface area contributed by atoms with E-state index in [9.17, 15) is 14.9 Å². The first-order valence-corrected chi connectivity index (χ1v) is 10.8. The molecule has 0 bridgehead atoms. The Labute approximate surface area is 197 Å². The van der Waals surface area contributed by atoms with Gasteiger partial charge in [-0.1, -0.05) is 60.2 Å². The summed E-state index contributed by atoms with van der Waals surface area (Å²) >= 11 is 0. The zero-order valence-corrected chi connectivity index (χ0v) is 18.6. The fourth-order valence-corrected chi connectivity index (χ4v) is 3.49. The number of nitriles is 1. The first-order valence-electron chi connectivity index (χ1n) is 10.8. The smallest absolute Gasteiger partial charge is 0.270 e. The van der Waals surface area contributed by atoms with Crippen LogP contribution in [0, 0.1) is 18.3 Å². The molecule has 7 nitrogen and oxygen atoms in total. The van der Waals surface area contributed by atoms with E-state index in [1.807, 2.05) is 67.6 Å². The first-order chi connectivity index (χ1) is 16.5. The van der Waals surface area contributed by atoms with Crippen molar-refractivity contribution in [3.05, 3.63) is 106 Å². The Kier molecular flexibility index (Phi) is 6.80. The SMILES string of the molecule is Cc1ccc(Nc2nc(-c3cccc(NC(=O)CCc4ccccc4)c3)c(C#N)c(=O)[nH]2)cc1. The van der Waals surface area contributed by atoms with Gasteiger partial charge >= 0.3 is 0 Å². The van der Waals surface area contributed by atoms with Crippen LogP contribution in [0.4, 0.5) is 17.3 Å². The third kappa shape index (κ3) is 5.56. The molecule has 4 rings (SSSR count). The molecule has 0 fully saturated rings. The number of rotatable bonds is 7. The van der Waals surface area contributed by atoms with Gasteiger partial charge in [0, 0.05) is 23.4 Å². The molecule has 168 valence electrons. The van der Waals surface area contributed by atoms with Crippen LogP contribution in [-0.2, 0) is 11.2 Å². The van der Waals surface area contributed by atoms with Gasteiger partial charge in [-0.3, -0.25) is 14.6 Å². The van der Waals surface area contributed by atoms with Crippen LogP contribution in [0.3, 0.4) is 0 Å². The van der Waals surface area contributed by atoms with Gasteiger partial charge in [0.2, 0.25) is 11.9 Å². The maximum absolute atomic E-state index is 12.6. The summed E-state index contributed by atoms with van der Waals surface area (Å²) in [6.07, 6.45) is 0.972. The zero-order chi connectivity index (χ0) is 23.9. The minimum atomic E-state index is -0.542. The summed E-state index contributed by atoms with van der Waals surface area (Å²) < 4.78 is 0. The fraction of sp³-hybridized carbons (Fsp3) is 0.111. The van der Waals surface area contributed by atoms with E-state index in [1.54, 1.807) is 24.3 Å². The molecule has 0 spiro atoms. The minimum Gasteiger partial charge on any atom is -0.326 e. The highest BCUT2D eigenvalue weighted by Gasteiger charge is 2.14. The van der Waals surface area contributed by atoms with E-state index in [-0.39, 0.29) is 23.1 Å². The lowest BCUT2D eigenvalue weighted by Crippen LogP contribution is -2.16. The average molecular weight is 450 g/mol. The zero-order valence-electron chi connectivity index (χ0n) is 18.6. The molecule has 0 aliphatic rings. The molecule has 0 unspecified atom stereocenters. The molecule has 0 saturated heterocycles. The highest BCUT2D eigenvalue weighted by molar-refractivity contribution is 5.91. The van der Waals surface area contributed by atoms with Gasteiger partial charge in [0.05, 0.1) is 5.69 Å². The molecule has 1 aromatic heterocycles. The average Bonchev–Trinajstić information content (AvgIpc) is 2.85. The second-order valence-corrected chi connectivity index (χ2v) is 7.86. The minimum absolute atomic E-state index is 0.0954. The Morgan fingerprint density at radius 2 is 1.76 bits per heavy atom. The number of anilines is 3. The van der Waals surface area contributed by atoms with E-state index in [2.05, 4.69) is 20.6 Å². The molecule has 0 saturated carbocycles. The molecule has 1 amide bonds. The Balaban J connectivity index is 1.56. The van der Waals surface area contributed by atoms with E-state index in [4.69, 9.17) is 0 Å². The summed E-state index contributed by atoms with van der Waals surface area (Å²) in [7, 11) is 0. The number of aromatic nitrogens is 2. The second kappa shape index (κ2) is 10.3. The van der Waals surface area contributed by atoms with Crippen molar-refractivity contribution in [3.8, 4) is 17.3 Å². The Morgan fingerprint density at radius 3 is 2.50 bits per heavy atom. The van der Waals surface area contributed by atoms with E-state index in [0.29, 0.717) is 24.1 Å². The topological polar surface area (TPSA) is 111 Å². The monoisotopic (exact) mass is 449 g/mol. The molecule has 1 heterocycles. The van der Waals surface area contributed by atoms with Gasteiger partial charge in [0.1, 0.15) is 11.6 Å². The molecule has 3 aromatic carbocycles. The summed E-state index contributed by atoms with van der Waals surface area (Å²) in [5, 5.41) is 15.5. The summed E-state index contributed by atoms with van der Waals surface area (Å²) in [5.41, 5.74) is 3.66. The van der Waals surface area contributed by atoms with Gasteiger partial charge in [0.25, 0.3) is 5.56 Å². The summed E-state index contributed by atoms with van der Waals surface area (Å²) in [6.45, 7) is 1.98. The molecule has 7 heteroatoms. The Morgan fingerprint density at radius 1 is 1.00 bits per heavy atom. The number of benzene rings is 3. The molecule has 3 N–H and O–H groups in total. The van der Waals surface area contributed by atoms with Gasteiger partial charge < -0.3 is 10.6 Å². The van der Waals surface area contributed by atoms with Gasteiger partial charge in [0.15, 0.2) is 0 Å². The van der Waals surface area contributed by atoms with Crippen LogP contribution >= 0.6 is 0 Å².